The van der Waals surface area contributed by atoms with Gasteiger partial charge in [-0.05, 0) is 73.0 Å². The van der Waals surface area contributed by atoms with E-state index in [1.807, 2.05) is 0 Å². The van der Waals surface area contributed by atoms with Crippen LogP contribution < -0.4 is 10.6 Å². The Labute approximate surface area is 162 Å². The minimum Gasteiger partial charge on any atom is -0.352 e. The molecule has 6 heteroatoms. The van der Waals surface area contributed by atoms with Crippen molar-refractivity contribution in [1.29, 1.82) is 0 Å². The lowest BCUT2D eigenvalue weighted by Crippen LogP contribution is -2.24. The SMILES string of the molecule is CC1CC1C(=O)Nc1ccc(C(=O)NCCCSc2ccc(F)cc2)cc1. The molecule has 27 heavy (non-hydrogen) atoms. The second-order valence-electron chi connectivity index (χ2n) is 6.80. The number of carbonyl (C=O) groups excluding carboxylic acids is 2. The molecule has 1 aliphatic carbocycles. The lowest BCUT2D eigenvalue weighted by atomic mass is 10.2. The van der Waals surface area contributed by atoms with Crippen molar-refractivity contribution < 1.29 is 14.0 Å². The minimum atomic E-state index is -0.237. The first-order valence-corrected chi connectivity index (χ1v) is 10.1. The van der Waals surface area contributed by atoms with Gasteiger partial charge >= 0.3 is 0 Å². The number of nitrogens with one attached hydrogen (secondary N) is 2. The Bertz CT molecular complexity index is 793. The van der Waals surface area contributed by atoms with Gasteiger partial charge in [-0.1, -0.05) is 6.92 Å². The number of benzene rings is 2. The van der Waals surface area contributed by atoms with Gasteiger partial charge < -0.3 is 10.6 Å². The van der Waals surface area contributed by atoms with Crippen LogP contribution >= 0.6 is 11.8 Å². The quantitative estimate of drug-likeness (QED) is 0.524. The molecule has 3 rings (SSSR count). The van der Waals surface area contributed by atoms with Gasteiger partial charge in [0, 0.05) is 28.6 Å². The summed E-state index contributed by atoms with van der Waals surface area (Å²) >= 11 is 1.63. The molecular weight excluding hydrogens is 363 g/mol. The van der Waals surface area contributed by atoms with Crippen LogP contribution in [0.3, 0.4) is 0 Å². The van der Waals surface area contributed by atoms with E-state index in [2.05, 4.69) is 17.6 Å². The summed E-state index contributed by atoms with van der Waals surface area (Å²) < 4.78 is 12.8. The highest BCUT2D eigenvalue weighted by Crippen LogP contribution is 2.38. The molecule has 0 aromatic heterocycles. The molecule has 0 bridgehead atoms. The van der Waals surface area contributed by atoms with Crippen molar-refractivity contribution in [3.05, 3.63) is 59.9 Å². The van der Waals surface area contributed by atoms with E-state index in [1.165, 1.54) is 12.1 Å². The van der Waals surface area contributed by atoms with E-state index in [0.717, 1.165) is 23.5 Å². The van der Waals surface area contributed by atoms with E-state index in [0.29, 0.717) is 23.7 Å². The molecule has 4 nitrogen and oxygen atoms in total. The van der Waals surface area contributed by atoms with Crippen LogP contribution in [-0.2, 0) is 4.79 Å². The fraction of sp³-hybridized carbons (Fsp3) is 0.333. The molecule has 2 aromatic carbocycles. The normalized spacial score (nSPS) is 18.0. The summed E-state index contributed by atoms with van der Waals surface area (Å²) in [5.41, 5.74) is 1.28. The highest BCUT2D eigenvalue weighted by atomic mass is 32.2. The van der Waals surface area contributed by atoms with Crippen LogP contribution in [0.15, 0.2) is 53.4 Å². The van der Waals surface area contributed by atoms with Crippen molar-refractivity contribution in [3.8, 4) is 0 Å². The number of amides is 2. The molecule has 2 amide bonds. The van der Waals surface area contributed by atoms with Crippen molar-refractivity contribution in [2.75, 3.05) is 17.6 Å². The Morgan fingerprint density at radius 2 is 1.78 bits per heavy atom. The Morgan fingerprint density at radius 1 is 1.11 bits per heavy atom. The van der Waals surface area contributed by atoms with Crippen LogP contribution in [0.25, 0.3) is 0 Å². The summed E-state index contributed by atoms with van der Waals surface area (Å²) in [4.78, 5) is 25.1. The maximum atomic E-state index is 12.8. The van der Waals surface area contributed by atoms with Crippen molar-refractivity contribution in [2.45, 2.75) is 24.7 Å². The van der Waals surface area contributed by atoms with Gasteiger partial charge in [-0.3, -0.25) is 9.59 Å². The van der Waals surface area contributed by atoms with Crippen molar-refractivity contribution in [1.82, 2.24) is 5.32 Å². The smallest absolute Gasteiger partial charge is 0.251 e. The van der Waals surface area contributed by atoms with E-state index in [9.17, 15) is 14.0 Å². The standard InChI is InChI=1S/C21H23FN2O2S/c1-14-13-19(14)21(26)24-17-7-3-15(4-8-17)20(25)23-11-2-12-27-18-9-5-16(22)6-10-18/h3-10,14,19H,2,11-13H2,1H3,(H,23,25)(H,24,26). The van der Waals surface area contributed by atoms with Crippen molar-refractivity contribution >= 4 is 29.3 Å². The molecule has 2 atom stereocenters. The van der Waals surface area contributed by atoms with Gasteiger partial charge in [0.1, 0.15) is 5.82 Å². The molecule has 2 aromatic rings. The maximum Gasteiger partial charge on any atom is 0.251 e. The van der Waals surface area contributed by atoms with Gasteiger partial charge in [0.15, 0.2) is 0 Å². The predicted molar refractivity (Wildman–Crippen MR) is 106 cm³/mol. The third kappa shape index (κ3) is 5.82. The third-order valence-electron chi connectivity index (χ3n) is 4.55. The zero-order valence-electron chi connectivity index (χ0n) is 15.2. The molecular formula is C21H23FN2O2S. The monoisotopic (exact) mass is 386 g/mol. The first kappa shape index (κ1) is 19.4. The Kier molecular flexibility index (Phi) is 6.50. The molecule has 0 saturated heterocycles. The van der Waals surface area contributed by atoms with Gasteiger partial charge in [-0.15, -0.1) is 11.8 Å². The topological polar surface area (TPSA) is 58.2 Å². The number of rotatable bonds is 8. The van der Waals surface area contributed by atoms with Crippen LogP contribution in [0, 0.1) is 17.7 Å². The van der Waals surface area contributed by atoms with Gasteiger partial charge in [0.05, 0.1) is 0 Å². The van der Waals surface area contributed by atoms with E-state index < -0.39 is 0 Å². The van der Waals surface area contributed by atoms with E-state index in [1.54, 1.807) is 48.2 Å². The highest BCUT2D eigenvalue weighted by molar-refractivity contribution is 7.99. The second kappa shape index (κ2) is 9.04. The molecule has 0 heterocycles. The Morgan fingerprint density at radius 3 is 2.41 bits per heavy atom. The van der Waals surface area contributed by atoms with Gasteiger partial charge in [-0.25, -0.2) is 4.39 Å². The number of anilines is 1. The summed E-state index contributed by atoms with van der Waals surface area (Å²) in [6.07, 6.45) is 1.77. The minimum absolute atomic E-state index is 0.0540. The first-order valence-electron chi connectivity index (χ1n) is 9.10. The van der Waals surface area contributed by atoms with Gasteiger partial charge in [0.2, 0.25) is 5.91 Å². The van der Waals surface area contributed by atoms with Crippen LogP contribution in [-0.4, -0.2) is 24.1 Å². The molecule has 0 aliphatic heterocycles. The van der Waals surface area contributed by atoms with Crippen molar-refractivity contribution in [3.63, 3.8) is 0 Å². The molecule has 1 saturated carbocycles. The van der Waals surface area contributed by atoms with Crippen LogP contribution in [0.5, 0.6) is 0 Å². The molecule has 142 valence electrons. The van der Waals surface area contributed by atoms with Crippen molar-refractivity contribution in [2.24, 2.45) is 11.8 Å². The Balaban J connectivity index is 1.36. The van der Waals surface area contributed by atoms with E-state index in [-0.39, 0.29) is 23.5 Å². The average molecular weight is 386 g/mol. The van der Waals surface area contributed by atoms with Gasteiger partial charge in [-0.2, -0.15) is 0 Å². The maximum absolute atomic E-state index is 12.8. The number of carbonyl (C=O) groups is 2. The lowest BCUT2D eigenvalue weighted by molar-refractivity contribution is -0.117. The van der Waals surface area contributed by atoms with E-state index >= 15 is 0 Å². The first-order chi connectivity index (χ1) is 13.0. The number of thioether (sulfide) groups is 1. The zero-order chi connectivity index (χ0) is 19.2. The van der Waals surface area contributed by atoms with Crippen LogP contribution in [0.1, 0.15) is 30.1 Å². The van der Waals surface area contributed by atoms with Crippen LogP contribution in [0.2, 0.25) is 0 Å². The molecule has 2 unspecified atom stereocenters. The molecule has 2 N–H and O–H groups in total. The third-order valence-corrected chi connectivity index (χ3v) is 5.65. The summed E-state index contributed by atoms with van der Waals surface area (Å²) in [5, 5.41) is 5.77. The second-order valence-corrected chi connectivity index (χ2v) is 7.97. The summed E-state index contributed by atoms with van der Waals surface area (Å²) in [7, 11) is 0. The van der Waals surface area contributed by atoms with Gasteiger partial charge in [0.25, 0.3) is 5.91 Å². The highest BCUT2D eigenvalue weighted by Gasteiger charge is 2.39. The number of hydrogen-bond acceptors (Lipinski definition) is 3. The summed E-state index contributed by atoms with van der Waals surface area (Å²) in [6, 6.07) is 13.3. The predicted octanol–water partition coefficient (Wildman–Crippen LogP) is 4.33. The number of hydrogen-bond donors (Lipinski definition) is 2. The molecule has 0 spiro atoms. The lowest BCUT2D eigenvalue weighted by Gasteiger charge is -2.07. The molecule has 1 fully saturated rings. The zero-order valence-corrected chi connectivity index (χ0v) is 16.0. The summed E-state index contributed by atoms with van der Waals surface area (Å²) in [6.45, 7) is 2.64. The average Bonchev–Trinajstić information content (AvgIpc) is 3.40. The number of halogens is 1. The molecule has 0 radical (unpaired) electrons. The van der Waals surface area contributed by atoms with Crippen LogP contribution in [0.4, 0.5) is 10.1 Å². The fourth-order valence-electron chi connectivity index (χ4n) is 2.72. The Hall–Kier alpha value is -2.34. The molecule has 1 aliphatic rings. The summed E-state index contributed by atoms with van der Waals surface area (Å²) in [5.74, 6) is 1.13. The largest absolute Gasteiger partial charge is 0.352 e. The fourth-order valence-corrected chi connectivity index (χ4v) is 3.58. The van der Waals surface area contributed by atoms with E-state index in [4.69, 9.17) is 0 Å².